The van der Waals surface area contributed by atoms with Crippen molar-refractivity contribution in [3.63, 3.8) is 0 Å². The van der Waals surface area contributed by atoms with Gasteiger partial charge >= 0.3 is 6.18 Å². The van der Waals surface area contributed by atoms with Crippen LogP contribution in [0.4, 0.5) is 13.2 Å². The van der Waals surface area contributed by atoms with Crippen molar-refractivity contribution in [1.29, 1.82) is 0 Å². The Bertz CT molecular complexity index is 254. The van der Waals surface area contributed by atoms with E-state index in [1.807, 2.05) is 13.8 Å². The van der Waals surface area contributed by atoms with Gasteiger partial charge in [-0.05, 0) is 38.6 Å². The summed E-state index contributed by atoms with van der Waals surface area (Å²) in [6.45, 7) is 11.3. The molecule has 1 unspecified atom stereocenters. The van der Waals surface area contributed by atoms with Gasteiger partial charge in [0.1, 0.15) is 0 Å². The van der Waals surface area contributed by atoms with Crippen LogP contribution in [0.5, 0.6) is 0 Å². The normalized spacial score (nSPS) is 15.9. The van der Waals surface area contributed by atoms with Gasteiger partial charge in [0, 0.05) is 19.1 Å². The molecule has 0 aromatic heterocycles. The van der Waals surface area contributed by atoms with Gasteiger partial charge in [0.25, 0.3) is 0 Å². The van der Waals surface area contributed by atoms with Gasteiger partial charge < -0.3 is 5.32 Å². The van der Waals surface area contributed by atoms with Crippen molar-refractivity contribution in [1.82, 2.24) is 10.2 Å². The highest BCUT2D eigenvalue weighted by atomic mass is 19.4. The summed E-state index contributed by atoms with van der Waals surface area (Å²) < 4.78 is 38.0. The molecule has 0 aliphatic rings. The fourth-order valence-electron chi connectivity index (χ4n) is 2.54. The molecule has 0 rings (SSSR count). The van der Waals surface area contributed by atoms with Crippen LogP contribution in [0.3, 0.4) is 0 Å². The first-order valence-corrected chi connectivity index (χ1v) is 7.65. The molecule has 1 atom stereocenters. The molecular formula is C15H31F3N2. The highest BCUT2D eigenvalue weighted by molar-refractivity contribution is 4.83. The van der Waals surface area contributed by atoms with Crippen LogP contribution in [0.2, 0.25) is 0 Å². The molecule has 0 saturated carbocycles. The molecule has 0 fully saturated rings. The highest BCUT2D eigenvalue weighted by Gasteiger charge is 2.35. The SMILES string of the molecule is CCCNCC(C)(CCC)CN(CC(F)(F)F)C(C)C. The fourth-order valence-corrected chi connectivity index (χ4v) is 2.54. The zero-order chi connectivity index (χ0) is 15.8. The van der Waals surface area contributed by atoms with E-state index in [2.05, 4.69) is 26.1 Å². The largest absolute Gasteiger partial charge is 0.401 e. The standard InChI is InChI=1S/C15H31F3N2/c1-6-8-14(5,10-19-9-7-2)11-20(13(3)4)12-15(16,17)18/h13,19H,6-12H2,1-5H3. The summed E-state index contributed by atoms with van der Waals surface area (Å²) in [5.41, 5.74) is -0.112. The summed E-state index contributed by atoms with van der Waals surface area (Å²) in [4.78, 5) is 1.54. The van der Waals surface area contributed by atoms with Crippen LogP contribution in [0, 0.1) is 5.41 Å². The van der Waals surface area contributed by atoms with E-state index in [-0.39, 0.29) is 11.5 Å². The molecule has 2 nitrogen and oxygen atoms in total. The van der Waals surface area contributed by atoms with E-state index in [1.54, 1.807) is 4.90 Å². The first kappa shape index (κ1) is 19.7. The Kier molecular flexibility index (Phi) is 8.75. The van der Waals surface area contributed by atoms with E-state index >= 15 is 0 Å². The molecule has 5 heteroatoms. The predicted molar refractivity (Wildman–Crippen MR) is 78.9 cm³/mol. The molecular weight excluding hydrogens is 265 g/mol. The fraction of sp³-hybridized carbons (Fsp3) is 1.00. The summed E-state index contributed by atoms with van der Waals surface area (Å²) in [7, 11) is 0. The van der Waals surface area contributed by atoms with Crippen molar-refractivity contribution >= 4 is 0 Å². The lowest BCUT2D eigenvalue weighted by molar-refractivity contribution is -0.153. The zero-order valence-electron chi connectivity index (χ0n) is 13.6. The van der Waals surface area contributed by atoms with Crippen molar-refractivity contribution in [2.45, 2.75) is 66.1 Å². The van der Waals surface area contributed by atoms with Gasteiger partial charge in [0.05, 0.1) is 6.54 Å². The molecule has 0 amide bonds. The number of nitrogens with zero attached hydrogens (tertiary/aromatic N) is 1. The van der Waals surface area contributed by atoms with Gasteiger partial charge in [-0.2, -0.15) is 13.2 Å². The third-order valence-electron chi connectivity index (χ3n) is 3.53. The summed E-state index contributed by atoms with van der Waals surface area (Å²) in [6, 6.07) is -0.0982. The molecule has 0 aromatic rings. The van der Waals surface area contributed by atoms with Gasteiger partial charge in [0.15, 0.2) is 0 Å². The van der Waals surface area contributed by atoms with Gasteiger partial charge in [0.2, 0.25) is 0 Å². The molecule has 0 heterocycles. The van der Waals surface area contributed by atoms with E-state index in [1.165, 1.54) is 0 Å². The molecule has 1 N–H and O–H groups in total. The Morgan fingerprint density at radius 3 is 2.05 bits per heavy atom. The van der Waals surface area contributed by atoms with Crippen molar-refractivity contribution in [3.8, 4) is 0 Å². The number of halogens is 3. The Labute approximate surface area is 122 Å². The molecule has 122 valence electrons. The van der Waals surface area contributed by atoms with Gasteiger partial charge in [-0.1, -0.05) is 27.2 Å². The third kappa shape index (κ3) is 8.80. The summed E-state index contributed by atoms with van der Waals surface area (Å²) >= 11 is 0. The maximum atomic E-state index is 12.7. The minimum absolute atomic E-state index is 0.0982. The second-order valence-electron chi connectivity index (χ2n) is 6.35. The van der Waals surface area contributed by atoms with Crippen LogP contribution in [-0.2, 0) is 0 Å². The first-order chi connectivity index (χ1) is 9.13. The van der Waals surface area contributed by atoms with E-state index in [0.29, 0.717) is 6.54 Å². The van der Waals surface area contributed by atoms with Gasteiger partial charge in [-0.15, -0.1) is 0 Å². The van der Waals surface area contributed by atoms with Crippen LogP contribution in [-0.4, -0.2) is 43.3 Å². The first-order valence-electron chi connectivity index (χ1n) is 7.65. The van der Waals surface area contributed by atoms with E-state index in [4.69, 9.17) is 0 Å². The van der Waals surface area contributed by atoms with Crippen LogP contribution >= 0.6 is 0 Å². The molecule has 0 bridgehead atoms. The molecule has 0 spiro atoms. The minimum atomic E-state index is -4.13. The van der Waals surface area contributed by atoms with Crippen LogP contribution in [0.1, 0.15) is 53.9 Å². The van der Waals surface area contributed by atoms with Crippen molar-refractivity contribution in [3.05, 3.63) is 0 Å². The molecule has 20 heavy (non-hydrogen) atoms. The number of hydrogen-bond acceptors (Lipinski definition) is 2. The topological polar surface area (TPSA) is 15.3 Å². The quantitative estimate of drug-likeness (QED) is 0.611. The Morgan fingerprint density at radius 1 is 1.05 bits per heavy atom. The van der Waals surface area contributed by atoms with Gasteiger partial charge in [-0.25, -0.2) is 0 Å². The zero-order valence-corrected chi connectivity index (χ0v) is 13.6. The average Bonchev–Trinajstić information content (AvgIpc) is 2.26. The summed E-state index contributed by atoms with van der Waals surface area (Å²) in [6.07, 6.45) is -1.17. The van der Waals surface area contributed by atoms with Crippen molar-refractivity contribution < 1.29 is 13.2 Å². The highest BCUT2D eigenvalue weighted by Crippen LogP contribution is 2.27. The number of rotatable bonds is 10. The second-order valence-corrected chi connectivity index (χ2v) is 6.35. The van der Waals surface area contributed by atoms with Gasteiger partial charge in [-0.3, -0.25) is 4.90 Å². The molecule has 0 radical (unpaired) electrons. The molecule has 0 saturated heterocycles. The number of hydrogen-bond donors (Lipinski definition) is 1. The monoisotopic (exact) mass is 296 g/mol. The molecule has 0 aliphatic carbocycles. The van der Waals surface area contributed by atoms with Crippen molar-refractivity contribution in [2.75, 3.05) is 26.2 Å². The molecule has 0 aliphatic heterocycles. The maximum Gasteiger partial charge on any atom is 0.401 e. The van der Waals surface area contributed by atoms with Crippen molar-refractivity contribution in [2.24, 2.45) is 5.41 Å². The predicted octanol–water partition coefficient (Wildman–Crippen LogP) is 4.07. The maximum absolute atomic E-state index is 12.7. The van der Waals surface area contributed by atoms with Crippen LogP contribution in [0.15, 0.2) is 0 Å². The molecule has 0 aromatic carbocycles. The average molecular weight is 296 g/mol. The Balaban J connectivity index is 4.71. The smallest absolute Gasteiger partial charge is 0.316 e. The third-order valence-corrected chi connectivity index (χ3v) is 3.53. The van der Waals surface area contributed by atoms with Crippen LogP contribution in [0.25, 0.3) is 0 Å². The lowest BCUT2D eigenvalue weighted by Crippen LogP contribution is -2.48. The van der Waals surface area contributed by atoms with E-state index < -0.39 is 12.7 Å². The Morgan fingerprint density at radius 2 is 1.65 bits per heavy atom. The minimum Gasteiger partial charge on any atom is -0.316 e. The van der Waals surface area contributed by atoms with E-state index in [0.717, 1.165) is 32.4 Å². The summed E-state index contributed by atoms with van der Waals surface area (Å²) in [5.74, 6) is 0. The Hall–Kier alpha value is -0.290. The lowest BCUT2D eigenvalue weighted by Gasteiger charge is -2.38. The number of nitrogens with one attached hydrogen (secondary N) is 1. The van der Waals surface area contributed by atoms with E-state index in [9.17, 15) is 13.2 Å². The lowest BCUT2D eigenvalue weighted by atomic mass is 9.84. The second kappa shape index (κ2) is 8.88. The summed E-state index contributed by atoms with van der Waals surface area (Å²) in [5, 5.41) is 3.36. The van der Waals surface area contributed by atoms with Crippen LogP contribution < -0.4 is 5.32 Å². The number of alkyl halides is 3.